The summed E-state index contributed by atoms with van der Waals surface area (Å²) >= 11 is 0. The van der Waals surface area contributed by atoms with Crippen LogP contribution in [0.15, 0.2) is 48.5 Å². The van der Waals surface area contributed by atoms with Gasteiger partial charge in [0, 0.05) is 25.3 Å². The molecule has 1 fully saturated rings. The quantitative estimate of drug-likeness (QED) is 0.816. The van der Waals surface area contributed by atoms with Gasteiger partial charge in [-0.1, -0.05) is 37.3 Å². The normalized spacial score (nSPS) is 15.3. The minimum absolute atomic E-state index is 0.113. The maximum atomic E-state index is 12.4. The van der Waals surface area contributed by atoms with Crippen LogP contribution in [-0.4, -0.2) is 38.3 Å². The lowest BCUT2D eigenvalue weighted by Gasteiger charge is -2.28. The molecule has 144 valence electrons. The Morgan fingerprint density at radius 2 is 1.85 bits per heavy atom. The molecule has 1 amide bonds. The van der Waals surface area contributed by atoms with E-state index in [9.17, 15) is 4.79 Å². The Labute approximate surface area is 161 Å². The van der Waals surface area contributed by atoms with Gasteiger partial charge in [-0.05, 0) is 42.7 Å². The first kappa shape index (κ1) is 19.2. The highest BCUT2D eigenvalue weighted by Gasteiger charge is 2.16. The molecule has 0 aromatic heterocycles. The van der Waals surface area contributed by atoms with Crippen molar-refractivity contribution < 1.29 is 14.3 Å². The van der Waals surface area contributed by atoms with Crippen LogP contribution < -0.4 is 15.0 Å². The highest BCUT2D eigenvalue weighted by atomic mass is 16.5. The molecule has 1 aliphatic rings. The number of carbonyl (C=O) groups excluding carboxylic acids is 1. The number of aryl methyl sites for hydroxylation is 1. The summed E-state index contributed by atoms with van der Waals surface area (Å²) in [6.07, 6.45) is 0.338. The number of hydrogen-bond donors (Lipinski definition) is 1. The molecule has 2 aromatic rings. The summed E-state index contributed by atoms with van der Waals surface area (Å²) in [5.41, 5.74) is 3.37. The molecule has 3 rings (SSSR count). The van der Waals surface area contributed by atoms with E-state index < -0.39 is 6.10 Å². The monoisotopic (exact) mass is 368 g/mol. The molecule has 1 aliphatic heterocycles. The van der Waals surface area contributed by atoms with E-state index >= 15 is 0 Å². The summed E-state index contributed by atoms with van der Waals surface area (Å²) in [5, 5.41) is 2.96. The second-order valence-corrected chi connectivity index (χ2v) is 6.71. The third-order valence-electron chi connectivity index (χ3n) is 4.81. The Bertz CT molecular complexity index is 739. The Kier molecular flexibility index (Phi) is 6.71. The molecule has 1 N–H and O–H groups in total. The van der Waals surface area contributed by atoms with E-state index in [1.165, 1.54) is 5.69 Å². The van der Waals surface area contributed by atoms with Crippen molar-refractivity contribution in [3.05, 3.63) is 59.7 Å². The van der Waals surface area contributed by atoms with Gasteiger partial charge in [0.25, 0.3) is 5.91 Å². The van der Waals surface area contributed by atoms with E-state index in [1.54, 1.807) is 6.92 Å². The predicted octanol–water partition coefficient (Wildman–Crippen LogP) is 3.17. The molecule has 1 atom stereocenters. The van der Waals surface area contributed by atoms with Crippen molar-refractivity contribution in [1.29, 1.82) is 0 Å². The van der Waals surface area contributed by atoms with E-state index in [0.717, 1.165) is 49.6 Å². The van der Waals surface area contributed by atoms with Crippen LogP contribution in [0.4, 0.5) is 5.69 Å². The molecule has 2 aromatic carbocycles. The van der Waals surface area contributed by atoms with Crippen LogP contribution >= 0.6 is 0 Å². The van der Waals surface area contributed by atoms with Crippen LogP contribution in [-0.2, 0) is 22.5 Å². The predicted molar refractivity (Wildman–Crippen MR) is 107 cm³/mol. The van der Waals surface area contributed by atoms with Crippen molar-refractivity contribution in [2.45, 2.75) is 32.9 Å². The number of benzene rings is 2. The maximum Gasteiger partial charge on any atom is 0.261 e. The van der Waals surface area contributed by atoms with E-state index in [-0.39, 0.29) is 5.91 Å². The summed E-state index contributed by atoms with van der Waals surface area (Å²) < 4.78 is 11.2. The lowest BCUT2D eigenvalue weighted by atomic mass is 10.1. The molecule has 5 heteroatoms. The molecular weight excluding hydrogens is 340 g/mol. The van der Waals surface area contributed by atoms with E-state index in [4.69, 9.17) is 9.47 Å². The highest BCUT2D eigenvalue weighted by molar-refractivity contribution is 5.80. The van der Waals surface area contributed by atoms with Gasteiger partial charge in [0.05, 0.1) is 13.2 Å². The minimum Gasteiger partial charge on any atom is -0.481 e. The maximum absolute atomic E-state index is 12.4. The Hall–Kier alpha value is -2.53. The molecule has 0 spiro atoms. The summed E-state index contributed by atoms with van der Waals surface area (Å²) in [7, 11) is 0. The van der Waals surface area contributed by atoms with Gasteiger partial charge in [-0.15, -0.1) is 0 Å². The van der Waals surface area contributed by atoms with Gasteiger partial charge < -0.3 is 19.7 Å². The van der Waals surface area contributed by atoms with E-state index in [2.05, 4.69) is 41.4 Å². The number of carbonyl (C=O) groups is 1. The number of rotatable bonds is 7. The second-order valence-electron chi connectivity index (χ2n) is 6.71. The zero-order valence-electron chi connectivity index (χ0n) is 16.1. The zero-order chi connectivity index (χ0) is 19.1. The molecule has 0 unspecified atom stereocenters. The van der Waals surface area contributed by atoms with Gasteiger partial charge in [0.2, 0.25) is 0 Å². The van der Waals surface area contributed by atoms with Gasteiger partial charge in [0.15, 0.2) is 6.10 Å². The number of para-hydroxylation sites is 1. The van der Waals surface area contributed by atoms with Gasteiger partial charge >= 0.3 is 0 Å². The molecule has 27 heavy (non-hydrogen) atoms. The molecule has 1 saturated heterocycles. The van der Waals surface area contributed by atoms with Crippen LogP contribution in [0.25, 0.3) is 0 Å². The smallest absolute Gasteiger partial charge is 0.261 e. The standard InChI is InChI=1S/C22H28N2O3/c1-3-19-6-4-5-7-21(19)27-17(2)22(25)23-16-18-8-10-20(11-9-18)24-12-14-26-15-13-24/h4-11,17H,3,12-16H2,1-2H3,(H,23,25)/t17-/m0/s1. The zero-order valence-corrected chi connectivity index (χ0v) is 16.1. The number of hydrogen-bond acceptors (Lipinski definition) is 4. The number of amides is 1. The molecule has 0 bridgehead atoms. The van der Waals surface area contributed by atoms with Gasteiger partial charge in [-0.3, -0.25) is 4.79 Å². The van der Waals surface area contributed by atoms with Crippen LogP contribution in [0.2, 0.25) is 0 Å². The fourth-order valence-electron chi connectivity index (χ4n) is 3.13. The van der Waals surface area contributed by atoms with Crippen molar-refractivity contribution in [3.63, 3.8) is 0 Å². The van der Waals surface area contributed by atoms with Crippen LogP contribution in [0, 0.1) is 0 Å². The number of nitrogens with zero attached hydrogens (tertiary/aromatic N) is 1. The largest absolute Gasteiger partial charge is 0.481 e. The first-order chi connectivity index (χ1) is 13.2. The average Bonchev–Trinajstić information content (AvgIpc) is 2.73. The molecular formula is C22H28N2O3. The number of nitrogens with one attached hydrogen (secondary N) is 1. The van der Waals surface area contributed by atoms with E-state index in [0.29, 0.717) is 6.54 Å². The molecule has 0 saturated carbocycles. The first-order valence-electron chi connectivity index (χ1n) is 9.61. The second kappa shape index (κ2) is 9.42. The Morgan fingerprint density at radius 1 is 1.15 bits per heavy atom. The molecule has 1 heterocycles. The Balaban J connectivity index is 1.50. The van der Waals surface area contributed by atoms with Crippen molar-refractivity contribution in [2.24, 2.45) is 0 Å². The van der Waals surface area contributed by atoms with Gasteiger partial charge in [-0.2, -0.15) is 0 Å². The number of ether oxygens (including phenoxy) is 2. The third-order valence-corrected chi connectivity index (χ3v) is 4.81. The summed E-state index contributed by atoms with van der Waals surface area (Å²) in [6.45, 7) is 7.74. The first-order valence-corrected chi connectivity index (χ1v) is 9.61. The highest BCUT2D eigenvalue weighted by Crippen LogP contribution is 2.20. The molecule has 0 radical (unpaired) electrons. The Morgan fingerprint density at radius 3 is 2.56 bits per heavy atom. The molecule has 5 nitrogen and oxygen atoms in total. The topological polar surface area (TPSA) is 50.8 Å². The fraction of sp³-hybridized carbons (Fsp3) is 0.409. The van der Waals surface area contributed by atoms with Gasteiger partial charge in [0.1, 0.15) is 5.75 Å². The van der Waals surface area contributed by atoms with Crippen LogP contribution in [0.1, 0.15) is 25.0 Å². The van der Waals surface area contributed by atoms with Gasteiger partial charge in [-0.25, -0.2) is 0 Å². The third kappa shape index (κ3) is 5.23. The van der Waals surface area contributed by atoms with Crippen molar-refractivity contribution >= 4 is 11.6 Å². The van der Waals surface area contributed by atoms with Crippen LogP contribution in [0.5, 0.6) is 5.75 Å². The number of anilines is 1. The molecule has 0 aliphatic carbocycles. The average molecular weight is 368 g/mol. The minimum atomic E-state index is -0.537. The van der Waals surface area contributed by atoms with Crippen molar-refractivity contribution in [1.82, 2.24) is 5.32 Å². The van der Waals surface area contributed by atoms with Crippen molar-refractivity contribution in [2.75, 3.05) is 31.2 Å². The summed E-state index contributed by atoms with van der Waals surface area (Å²) in [5.74, 6) is 0.663. The lowest BCUT2D eigenvalue weighted by molar-refractivity contribution is -0.127. The fourth-order valence-corrected chi connectivity index (χ4v) is 3.13. The summed E-state index contributed by atoms with van der Waals surface area (Å²) in [4.78, 5) is 14.7. The SMILES string of the molecule is CCc1ccccc1O[C@@H](C)C(=O)NCc1ccc(N2CCOCC2)cc1. The summed E-state index contributed by atoms with van der Waals surface area (Å²) in [6, 6.07) is 16.2. The van der Waals surface area contributed by atoms with E-state index in [1.807, 2.05) is 24.3 Å². The number of morpholine rings is 1. The van der Waals surface area contributed by atoms with Crippen molar-refractivity contribution in [3.8, 4) is 5.75 Å². The lowest BCUT2D eigenvalue weighted by Crippen LogP contribution is -2.36. The van der Waals surface area contributed by atoms with Crippen LogP contribution in [0.3, 0.4) is 0 Å².